The minimum Gasteiger partial charge on any atom is -0.481 e. The summed E-state index contributed by atoms with van der Waals surface area (Å²) >= 11 is 0. The third-order valence-electron chi connectivity index (χ3n) is 4.90. The lowest BCUT2D eigenvalue weighted by Crippen LogP contribution is -2.30. The number of rotatable bonds is 3. The highest BCUT2D eigenvalue weighted by atomic mass is 16.4. The van der Waals surface area contributed by atoms with Gasteiger partial charge in [-0.25, -0.2) is 0 Å². The van der Waals surface area contributed by atoms with E-state index in [2.05, 4.69) is 5.10 Å². The molecule has 1 aromatic heterocycles. The van der Waals surface area contributed by atoms with Gasteiger partial charge in [0.25, 0.3) is 5.91 Å². The van der Waals surface area contributed by atoms with Crippen molar-refractivity contribution in [3.8, 4) is 0 Å². The summed E-state index contributed by atoms with van der Waals surface area (Å²) < 4.78 is 1.71. The van der Waals surface area contributed by atoms with Crippen LogP contribution in [-0.2, 0) is 11.8 Å². The van der Waals surface area contributed by atoms with Crippen molar-refractivity contribution in [3.05, 3.63) is 17.5 Å². The fourth-order valence-electron chi connectivity index (χ4n) is 3.66. The van der Waals surface area contributed by atoms with Gasteiger partial charge in [-0.05, 0) is 19.3 Å². The Morgan fingerprint density at radius 3 is 2.59 bits per heavy atom. The van der Waals surface area contributed by atoms with E-state index in [0.29, 0.717) is 31.0 Å². The van der Waals surface area contributed by atoms with Crippen LogP contribution in [0.2, 0.25) is 0 Å². The van der Waals surface area contributed by atoms with Crippen molar-refractivity contribution in [3.63, 3.8) is 0 Å². The zero-order valence-corrected chi connectivity index (χ0v) is 13.0. The van der Waals surface area contributed by atoms with Crippen LogP contribution in [0.5, 0.6) is 0 Å². The van der Waals surface area contributed by atoms with E-state index in [1.54, 1.807) is 15.8 Å². The highest BCUT2D eigenvalue weighted by molar-refractivity contribution is 5.95. The first-order valence-electron chi connectivity index (χ1n) is 8.12. The lowest BCUT2D eigenvalue weighted by Gasteiger charge is -2.22. The van der Waals surface area contributed by atoms with Crippen molar-refractivity contribution in [1.82, 2.24) is 14.7 Å². The molecule has 2 aliphatic rings. The molecule has 0 radical (unpaired) electrons. The summed E-state index contributed by atoms with van der Waals surface area (Å²) in [7, 11) is 1.84. The Morgan fingerprint density at radius 1 is 1.23 bits per heavy atom. The normalized spacial score (nSPS) is 23.0. The quantitative estimate of drug-likeness (QED) is 0.927. The number of aryl methyl sites for hydroxylation is 1. The number of hydrogen-bond donors (Lipinski definition) is 1. The molecule has 1 unspecified atom stereocenters. The van der Waals surface area contributed by atoms with Gasteiger partial charge in [0.1, 0.15) is 0 Å². The fourth-order valence-corrected chi connectivity index (χ4v) is 3.66. The molecule has 0 bridgehead atoms. The van der Waals surface area contributed by atoms with Gasteiger partial charge < -0.3 is 10.0 Å². The van der Waals surface area contributed by atoms with Crippen molar-refractivity contribution in [2.24, 2.45) is 13.0 Å². The van der Waals surface area contributed by atoms with Crippen LogP contribution in [0.3, 0.4) is 0 Å². The number of carbonyl (C=O) groups excluding carboxylic acids is 1. The first-order valence-corrected chi connectivity index (χ1v) is 8.12. The predicted octanol–water partition coefficient (Wildman–Crippen LogP) is 2.01. The molecule has 6 nitrogen and oxygen atoms in total. The van der Waals surface area contributed by atoms with Gasteiger partial charge in [-0.3, -0.25) is 14.3 Å². The summed E-state index contributed by atoms with van der Waals surface area (Å²) in [6.07, 6.45) is 8.17. The molecular weight excluding hydrogens is 282 g/mol. The second-order valence-electron chi connectivity index (χ2n) is 6.51. The third kappa shape index (κ3) is 2.87. The summed E-state index contributed by atoms with van der Waals surface area (Å²) in [5, 5.41) is 13.6. The number of hydrogen-bond acceptors (Lipinski definition) is 3. The first kappa shape index (κ1) is 15.1. The Bertz CT molecular complexity index is 575. The van der Waals surface area contributed by atoms with Gasteiger partial charge in [-0.15, -0.1) is 0 Å². The van der Waals surface area contributed by atoms with E-state index in [1.165, 1.54) is 19.3 Å². The van der Waals surface area contributed by atoms with E-state index in [-0.39, 0.29) is 5.91 Å². The van der Waals surface area contributed by atoms with Gasteiger partial charge in [-0.1, -0.05) is 19.3 Å². The number of amides is 1. The molecule has 1 aromatic rings. The molecular formula is C16H23N3O3. The van der Waals surface area contributed by atoms with Crippen LogP contribution >= 0.6 is 0 Å². The molecule has 1 saturated carbocycles. The van der Waals surface area contributed by atoms with Crippen molar-refractivity contribution >= 4 is 11.9 Å². The van der Waals surface area contributed by atoms with Gasteiger partial charge in [-0.2, -0.15) is 5.10 Å². The second kappa shape index (κ2) is 6.10. The van der Waals surface area contributed by atoms with Gasteiger partial charge in [0.2, 0.25) is 0 Å². The molecule has 1 N–H and O–H groups in total. The van der Waals surface area contributed by atoms with Crippen LogP contribution in [0.15, 0.2) is 6.20 Å². The molecule has 1 saturated heterocycles. The molecule has 1 aliphatic heterocycles. The molecule has 1 amide bonds. The zero-order valence-electron chi connectivity index (χ0n) is 13.0. The predicted molar refractivity (Wildman–Crippen MR) is 80.7 cm³/mol. The van der Waals surface area contributed by atoms with E-state index in [9.17, 15) is 9.59 Å². The van der Waals surface area contributed by atoms with Crippen LogP contribution < -0.4 is 0 Å². The van der Waals surface area contributed by atoms with E-state index < -0.39 is 11.9 Å². The van der Waals surface area contributed by atoms with Crippen LogP contribution in [0.4, 0.5) is 0 Å². The van der Waals surface area contributed by atoms with Crippen molar-refractivity contribution in [1.29, 1.82) is 0 Å². The number of nitrogens with zero attached hydrogens (tertiary/aromatic N) is 3. The Hall–Kier alpha value is -1.85. The van der Waals surface area contributed by atoms with E-state index in [4.69, 9.17) is 5.11 Å². The molecule has 22 heavy (non-hydrogen) atoms. The highest BCUT2D eigenvalue weighted by Gasteiger charge is 2.34. The summed E-state index contributed by atoms with van der Waals surface area (Å²) in [4.78, 5) is 25.5. The maximum atomic E-state index is 12.8. The minimum atomic E-state index is -0.811. The van der Waals surface area contributed by atoms with Gasteiger partial charge in [0.05, 0.1) is 17.2 Å². The SMILES string of the molecule is Cn1cc(C(=O)N2CCC(C(=O)O)C2)c(C2CCCCC2)n1. The van der Waals surface area contributed by atoms with Crippen molar-refractivity contribution in [2.45, 2.75) is 44.4 Å². The highest BCUT2D eigenvalue weighted by Crippen LogP contribution is 2.34. The zero-order chi connectivity index (χ0) is 15.7. The van der Waals surface area contributed by atoms with E-state index >= 15 is 0 Å². The maximum Gasteiger partial charge on any atom is 0.308 e. The average Bonchev–Trinajstić information content (AvgIpc) is 3.14. The Kier molecular flexibility index (Phi) is 4.18. The summed E-state index contributed by atoms with van der Waals surface area (Å²) in [6, 6.07) is 0. The smallest absolute Gasteiger partial charge is 0.308 e. The monoisotopic (exact) mass is 305 g/mol. The van der Waals surface area contributed by atoms with Crippen LogP contribution in [0, 0.1) is 5.92 Å². The lowest BCUT2D eigenvalue weighted by molar-refractivity contribution is -0.141. The third-order valence-corrected chi connectivity index (χ3v) is 4.90. The standard InChI is InChI=1S/C16H23N3O3/c1-18-10-13(14(17-18)11-5-3-2-4-6-11)15(20)19-8-7-12(9-19)16(21)22/h10-12H,2-9H2,1H3,(H,21,22). The molecule has 3 rings (SSSR count). The minimum absolute atomic E-state index is 0.0579. The van der Waals surface area contributed by atoms with Gasteiger partial charge in [0.15, 0.2) is 0 Å². The molecule has 1 aliphatic carbocycles. The largest absolute Gasteiger partial charge is 0.481 e. The second-order valence-corrected chi connectivity index (χ2v) is 6.51. The number of aliphatic carboxylic acids is 1. The van der Waals surface area contributed by atoms with Crippen molar-refractivity contribution < 1.29 is 14.7 Å². The summed E-state index contributed by atoms with van der Waals surface area (Å²) in [6.45, 7) is 0.835. The average molecular weight is 305 g/mol. The fraction of sp³-hybridized carbons (Fsp3) is 0.688. The Morgan fingerprint density at radius 2 is 1.95 bits per heavy atom. The van der Waals surface area contributed by atoms with E-state index in [1.807, 2.05) is 7.05 Å². The van der Waals surface area contributed by atoms with E-state index in [0.717, 1.165) is 18.5 Å². The molecule has 0 aromatic carbocycles. The van der Waals surface area contributed by atoms with Gasteiger partial charge >= 0.3 is 5.97 Å². The van der Waals surface area contributed by atoms with Crippen molar-refractivity contribution in [2.75, 3.05) is 13.1 Å². The summed E-state index contributed by atoms with van der Waals surface area (Å²) in [5.74, 6) is -0.933. The maximum absolute atomic E-state index is 12.8. The van der Waals surface area contributed by atoms with Gasteiger partial charge in [0, 0.05) is 32.3 Å². The molecule has 1 atom stereocenters. The number of aromatic nitrogens is 2. The Balaban J connectivity index is 1.79. The van der Waals surface area contributed by atoms with Crippen LogP contribution in [0.25, 0.3) is 0 Å². The first-order chi connectivity index (χ1) is 10.6. The molecule has 6 heteroatoms. The molecule has 2 heterocycles. The number of carbonyl (C=O) groups is 2. The van der Waals surface area contributed by atoms with Crippen LogP contribution in [0.1, 0.15) is 60.5 Å². The molecule has 120 valence electrons. The number of carboxylic acids is 1. The molecule has 0 spiro atoms. The topological polar surface area (TPSA) is 75.4 Å². The lowest BCUT2D eigenvalue weighted by atomic mass is 9.85. The number of likely N-dealkylation sites (tertiary alicyclic amines) is 1. The summed E-state index contributed by atoms with van der Waals surface area (Å²) in [5.41, 5.74) is 1.58. The molecule has 2 fully saturated rings. The number of carboxylic acid groups (broad SMARTS) is 1. The van der Waals surface area contributed by atoms with Crippen LogP contribution in [-0.4, -0.2) is 44.8 Å². The Labute approximate surface area is 130 Å².